The Morgan fingerprint density at radius 2 is 1.72 bits per heavy atom. The van der Waals surface area contributed by atoms with Crippen LogP contribution in [0.25, 0.3) is 5.76 Å². The van der Waals surface area contributed by atoms with E-state index < -0.39 is 17.7 Å². The smallest absolute Gasteiger partial charge is 0.295 e. The third kappa shape index (κ3) is 5.31. The van der Waals surface area contributed by atoms with Crippen molar-refractivity contribution in [2.75, 3.05) is 27.2 Å². The molecule has 170 valence electrons. The fourth-order valence-corrected chi connectivity index (χ4v) is 3.90. The van der Waals surface area contributed by atoms with Gasteiger partial charge in [-0.05, 0) is 82.9 Å². The molecule has 1 atom stereocenters. The first-order valence-electron chi connectivity index (χ1n) is 10.6. The van der Waals surface area contributed by atoms with E-state index in [2.05, 4.69) is 0 Å². The van der Waals surface area contributed by atoms with Gasteiger partial charge in [0.05, 0.1) is 17.7 Å². The molecule has 0 radical (unpaired) electrons. The Balaban J connectivity index is 2.05. The quantitative estimate of drug-likeness (QED) is 0.360. The van der Waals surface area contributed by atoms with Gasteiger partial charge in [0.25, 0.3) is 11.7 Å². The van der Waals surface area contributed by atoms with Gasteiger partial charge >= 0.3 is 0 Å². The van der Waals surface area contributed by atoms with Crippen LogP contribution in [-0.4, -0.2) is 59.9 Å². The summed E-state index contributed by atoms with van der Waals surface area (Å²) >= 11 is 5.97. The SMILES string of the molecule is CC(C)Oc1ccc([C@@H]2/C(=C(\O)c3ccc(Cl)cc3)C(=O)C(=O)N2CCCN(C)C)cc1. The Labute approximate surface area is 194 Å². The standard InChI is InChI=1S/C25H29ClN2O4/c1-16(2)32-20-12-8-17(9-13-20)22-21(23(29)18-6-10-19(26)11-7-18)24(30)25(31)28(22)15-5-14-27(3)4/h6-13,16,22,29H,5,14-15H2,1-4H3/b23-21+/t22-/m1/s1. The predicted octanol–water partition coefficient (Wildman–Crippen LogP) is 4.50. The normalized spacial score (nSPS) is 18.1. The molecule has 6 nitrogen and oxygen atoms in total. The number of aliphatic hydroxyl groups excluding tert-OH is 1. The van der Waals surface area contributed by atoms with E-state index in [4.69, 9.17) is 16.3 Å². The zero-order chi connectivity index (χ0) is 23.4. The highest BCUT2D eigenvalue weighted by molar-refractivity contribution is 6.46. The van der Waals surface area contributed by atoms with Crippen molar-refractivity contribution in [1.29, 1.82) is 0 Å². The molecular weight excluding hydrogens is 428 g/mol. The molecule has 0 spiro atoms. The summed E-state index contributed by atoms with van der Waals surface area (Å²) in [6.07, 6.45) is 0.730. The van der Waals surface area contributed by atoms with E-state index in [9.17, 15) is 14.7 Å². The number of nitrogens with zero attached hydrogens (tertiary/aromatic N) is 2. The topological polar surface area (TPSA) is 70.1 Å². The van der Waals surface area contributed by atoms with E-state index in [1.165, 1.54) is 0 Å². The molecule has 3 rings (SSSR count). The van der Waals surface area contributed by atoms with Crippen LogP contribution >= 0.6 is 11.6 Å². The van der Waals surface area contributed by atoms with E-state index in [1.807, 2.05) is 57.1 Å². The van der Waals surface area contributed by atoms with Crippen LogP contribution in [-0.2, 0) is 9.59 Å². The lowest BCUT2D eigenvalue weighted by Crippen LogP contribution is -2.32. The zero-order valence-electron chi connectivity index (χ0n) is 18.8. The summed E-state index contributed by atoms with van der Waals surface area (Å²) in [4.78, 5) is 29.5. The maximum atomic E-state index is 13.0. The summed E-state index contributed by atoms with van der Waals surface area (Å²) in [5, 5.41) is 11.6. The third-order valence-electron chi connectivity index (χ3n) is 5.23. The molecular formula is C25H29ClN2O4. The fourth-order valence-electron chi connectivity index (χ4n) is 3.78. The molecule has 0 aromatic heterocycles. The van der Waals surface area contributed by atoms with Gasteiger partial charge in [0.1, 0.15) is 11.5 Å². The Kier molecular flexibility index (Phi) is 7.59. The van der Waals surface area contributed by atoms with Gasteiger partial charge in [0.15, 0.2) is 0 Å². The van der Waals surface area contributed by atoms with Crippen molar-refractivity contribution >= 4 is 29.1 Å². The van der Waals surface area contributed by atoms with Crippen molar-refractivity contribution < 1.29 is 19.4 Å². The van der Waals surface area contributed by atoms with Crippen LogP contribution in [0.5, 0.6) is 5.75 Å². The molecule has 1 fully saturated rings. The molecule has 0 unspecified atom stereocenters. The molecule has 0 saturated carbocycles. The van der Waals surface area contributed by atoms with Crippen molar-refractivity contribution in [2.45, 2.75) is 32.4 Å². The minimum absolute atomic E-state index is 0.0300. The number of rotatable bonds is 8. The lowest BCUT2D eigenvalue weighted by Gasteiger charge is -2.26. The minimum Gasteiger partial charge on any atom is -0.507 e. The van der Waals surface area contributed by atoms with Gasteiger partial charge in [-0.1, -0.05) is 23.7 Å². The van der Waals surface area contributed by atoms with Crippen molar-refractivity contribution in [3.63, 3.8) is 0 Å². The molecule has 7 heteroatoms. The first kappa shape index (κ1) is 23.8. The number of carbonyl (C=O) groups excluding carboxylic acids is 2. The van der Waals surface area contributed by atoms with Crippen LogP contribution in [0, 0.1) is 0 Å². The first-order valence-corrected chi connectivity index (χ1v) is 11.0. The summed E-state index contributed by atoms with van der Waals surface area (Å²) in [5.74, 6) is -0.796. The Morgan fingerprint density at radius 1 is 1.09 bits per heavy atom. The molecule has 0 bridgehead atoms. The molecule has 1 N–H and O–H groups in total. The number of likely N-dealkylation sites (tertiary alicyclic amines) is 1. The average molecular weight is 457 g/mol. The molecule has 1 aliphatic heterocycles. The van der Waals surface area contributed by atoms with Crippen LogP contribution in [0.15, 0.2) is 54.1 Å². The number of ketones is 1. The lowest BCUT2D eigenvalue weighted by molar-refractivity contribution is -0.139. The second-order valence-electron chi connectivity index (χ2n) is 8.39. The molecule has 2 aromatic carbocycles. The minimum atomic E-state index is -0.685. The average Bonchev–Trinajstić information content (AvgIpc) is 2.99. The van der Waals surface area contributed by atoms with Gasteiger partial charge in [0, 0.05) is 17.1 Å². The van der Waals surface area contributed by atoms with Gasteiger partial charge < -0.3 is 19.6 Å². The molecule has 0 aliphatic carbocycles. The van der Waals surface area contributed by atoms with Gasteiger partial charge in [0.2, 0.25) is 0 Å². The summed E-state index contributed by atoms with van der Waals surface area (Å²) in [6.45, 7) is 5.06. The number of benzene rings is 2. The summed E-state index contributed by atoms with van der Waals surface area (Å²) < 4.78 is 5.72. The number of hydrogen-bond donors (Lipinski definition) is 1. The maximum absolute atomic E-state index is 13.0. The lowest BCUT2D eigenvalue weighted by atomic mass is 9.95. The molecule has 1 saturated heterocycles. The van der Waals surface area contributed by atoms with Crippen molar-refractivity contribution in [3.05, 3.63) is 70.3 Å². The summed E-state index contributed by atoms with van der Waals surface area (Å²) in [5.41, 5.74) is 1.26. The third-order valence-corrected chi connectivity index (χ3v) is 5.48. The highest BCUT2D eigenvalue weighted by Gasteiger charge is 2.45. The van der Waals surface area contributed by atoms with Crippen LogP contribution in [0.1, 0.15) is 37.4 Å². The second kappa shape index (κ2) is 10.2. The Bertz CT molecular complexity index is 998. The number of amides is 1. The van der Waals surface area contributed by atoms with Crippen LogP contribution in [0.2, 0.25) is 5.02 Å². The van der Waals surface area contributed by atoms with Gasteiger partial charge in [-0.25, -0.2) is 0 Å². The number of ether oxygens (including phenoxy) is 1. The van der Waals surface area contributed by atoms with Crippen LogP contribution in [0.3, 0.4) is 0 Å². The van der Waals surface area contributed by atoms with E-state index >= 15 is 0 Å². The van der Waals surface area contributed by atoms with E-state index in [0.717, 1.165) is 12.1 Å². The van der Waals surface area contributed by atoms with Crippen molar-refractivity contribution in [3.8, 4) is 5.75 Å². The van der Waals surface area contributed by atoms with Crippen LogP contribution in [0.4, 0.5) is 0 Å². The monoisotopic (exact) mass is 456 g/mol. The predicted molar refractivity (Wildman–Crippen MR) is 126 cm³/mol. The summed E-state index contributed by atoms with van der Waals surface area (Å²) in [6, 6.07) is 13.2. The summed E-state index contributed by atoms with van der Waals surface area (Å²) in [7, 11) is 3.92. The number of halogens is 1. The number of Topliss-reactive ketones (excluding diaryl/α,β-unsaturated/α-hetero) is 1. The van der Waals surface area contributed by atoms with Crippen molar-refractivity contribution in [2.24, 2.45) is 0 Å². The Hall–Kier alpha value is -2.83. The molecule has 1 amide bonds. The van der Waals surface area contributed by atoms with E-state index in [1.54, 1.807) is 29.2 Å². The van der Waals surface area contributed by atoms with Gasteiger partial charge in [-0.2, -0.15) is 0 Å². The van der Waals surface area contributed by atoms with Crippen molar-refractivity contribution in [1.82, 2.24) is 9.80 Å². The highest BCUT2D eigenvalue weighted by atomic mass is 35.5. The van der Waals surface area contributed by atoms with Gasteiger partial charge in [-0.15, -0.1) is 0 Å². The number of carbonyl (C=O) groups is 2. The van der Waals surface area contributed by atoms with Gasteiger partial charge in [-0.3, -0.25) is 9.59 Å². The highest BCUT2D eigenvalue weighted by Crippen LogP contribution is 2.40. The van der Waals surface area contributed by atoms with E-state index in [0.29, 0.717) is 29.3 Å². The largest absolute Gasteiger partial charge is 0.507 e. The van der Waals surface area contributed by atoms with Crippen LogP contribution < -0.4 is 4.74 Å². The maximum Gasteiger partial charge on any atom is 0.295 e. The molecule has 2 aromatic rings. The fraction of sp³-hybridized carbons (Fsp3) is 0.360. The number of aliphatic hydroxyl groups is 1. The first-order chi connectivity index (χ1) is 15.2. The second-order valence-corrected chi connectivity index (χ2v) is 8.83. The van der Waals surface area contributed by atoms with E-state index in [-0.39, 0.29) is 17.4 Å². The molecule has 1 aliphatic rings. The Morgan fingerprint density at radius 3 is 2.28 bits per heavy atom. The zero-order valence-corrected chi connectivity index (χ0v) is 19.6. The number of hydrogen-bond acceptors (Lipinski definition) is 5. The molecule has 1 heterocycles. The molecule has 32 heavy (non-hydrogen) atoms.